The van der Waals surface area contributed by atoms with Gasteiger partial charge in [0, 0.05) is 42.4 Å². The zero-order chi connectivity index (χ0) is 52.9. The van der Waals surface area contributed by atoms with Gasteiger partial charge in [-0.3, -0.25) is 9.59 Å². The Morgan fingerprint density at radius 1 is 0.459 bits per heavy atom. The minimum atomic E-state index is -0.745. The zero-order valence-corrected chi connectivity index (χ0v) is 47.5. The first-order valence-electron chi connectivity index (χ1n) is 25.9. The highest BCUT2D eigenvalue weighted by Crippen LogP contribution is 2.52. The van der Waals surface area contributed by atoms with Crippen LogP contribution in [0.1, 0.15) is 130 Å². The summed E-state index contributed by atoms with van der Waals surface area (Å²) in [7, 11) is 0. The Hall–Kier alpha value is -5.80. The zero-order valence-electron chi connectivity index (χ0n) is 44.3. The van der Waals surface area contributed by atoms with Crippen LogP contribution >= 0.6 is 45.3 Å². The van der Waals surface area contributed by atoms with E-state index in [9.17, 15) is 9.59 Å². The SMILES string of the molecule is CCCCC(CC)CN1C(=O)C2=C(c3ccc(-c4ccc(-c5ccc(OC(=O)OC(C)(C)C)cc5)s4)s3)N(CC(CC)CCCC)C(=O)C2=C1c1ccc(-c2ccc(-c3ccc(OC(=O)OC(C)(C)C)cc3)s2)s1. The fourth-order valence-electron chi connectivity index (χ4n) is 9.16. The lowest BCUT2D eigenvalue weighted by molar-refractivity contribution is -0.124. The molecule has 74 heavy (non-hydrogen) atoms. The van der Waals surface area contributed by atoms with Gasteiger partial charge in [0.1, 0.15) is 22.7 Å². The van der Waals surface area contributed by atoms with Gasteiger partial charge < -0.3 is 28.7 Å². The molecule has 2 aliphatic rings. The van der Waals surface area contributed by atoms with Gasteiger partial charge in [0.05, 0.1) is 32.3 Å². The van der Waals surface area contributed by atoms with Gasteiger partial charge in [-0.1, -0.05) is 66.2 Å². The van der Waals surface area contributed by atoms with Gasteiger partial charge in [-0.05, 0) is 174 Å². The molecule has 0 spiro atoms. The molecule has 6 aromatic rings. The molecule has 2 atom stereocenters. The minimum Gasteiger partial charge on any atom is -0.428 e. The molecule has 0 radical (unpaired) electrons. The van der Waals surface area contributed by atoms with Crippen molar-refractivity contribution >= 4 is 80.9 Å². The fourth-order valence-corrected chi connectivity index (χ4v) is 13.5. The number of fused-ring (bicyclic) bond motifs is 1. The molecular formula is C60H68N2O8S4. The molecule has 390 valence electrons. The van der Waals surface area contributed by atoms with Crippen molar-refractivity contribution in [3.05, 3.63) is 118 Å². The average Bonchev–Trinajstić information content (AvgIpc) is 4.23. The number of hydrogen-bond donors (Lipinski definition) is 0. The first-order chi connectivity index (χ1) is 35.4. The molecule has 8 rings (SSSR count). The van der Waals surface area contributed by atoms with Gasteiger partial charge in [-0.15, -0.1) is 45.3 Å². The van der Waals surface area contributed by atoms with Crippen molar-refractivity contribution in [2.24, 2.45) is 11.8 Å². The predicted octanol–water partition coefficient (Wildman–Crippen LogP) is 17.5. The lowest BCUT2D eigenvalue weighted by Crippen LogP contribution is -2.34. The maximum absolute atomic E-state index is 15.5. The number of nitrogens with zero attached hydrogens (tertiary/aromatic N) is 2. The average molecular weight is 1070 g/mol. The molecule has 0 saturated heterocycles. The largest absolute Gasteiger partial charge is 0.514 e. The van der Waals surface area contributed by atoms with Crippen LogP contribution in [0.3, 0.4) is 0 Å². The second kappa shape index (κ2) is 23.4. The number of benzene rings is 2. The monoisotopic (exact) mass is 1070 g/mol. The molecule has 0 bridgehead atoms. The number of ether oxygens (including phenoxy) is 4. The van der Waals surface area contributed by atoms with Crippen LogP contribution in [0.2, 0.25) is 0 Å². The molecule has 2 unspecified atom stereocenters. The molecule has 2 aliphatic heterocycles. The Labute approximate surface area is 452 Å². The van der Waals surface area contributed by atoms with Gasteiger partial charge in [-0.2, -0.15) is 0 Å². The van der Waals surface area contributed by atoms with Crippen molar-refractivity contribution in [2.75, 3.05) is 13.1 Å². The summed E-state index contributed by atoms with van der Waals surface area (Å²) < 4.78 is 21.5. The normalized spacial score (nSPS) is 14.8. The van der Waals surface area contributed by atoms with Gasteiger partial charge in [0.2, 0.25) is 0 Å². The smallest absolute Gasteiger partial charge is 0.428 e. The number of rotatable bonds is 20. The fraction of sp³-hybridized carbons (Fsp3) is 0.400. The summed E-state index contributed by atoms with van der Waals surface area (Å²) in [5.74, 6) is 1.16. The molecule has 4 aromatic heterocycles. The molecule has 0 fully saturated rings. The standard InChI is InChI=1S/C60H68N2O8S4/c1-11-15-17-37(13-3)35-61-53(49-33-31-47(73-49)45-29-27-43(71-45)39-19-23-41(24-20-39)67-57(65)69-59(5,6)7)51-52(55(61)63)54(62(56(51)64)36-38(14-4)18-16-12-2)50-34-32-48(74-50)46-30-28-44(72-46)40-21-25-42(26-22-40)68-58(66)70-60(8,9)10/h19-34,37-38H,11-18,35-36H2,1-10H3. The quantitative estimate of drug-likeness (QED) is 0.0549. The molecular weight excluding hydrogens is 1000 g/mol. The number of hydrogen-bond acceptors (Lipinski definition) is 12. The van der Waals surface area contributed by atoms with Crippen LogP contribution in [0, 0.1) is 11.8 Å². The van der Waals surface area contributed by atoms with Gasteiger partial charge in [-0.25, -0.2) is 9.59 Å². The Bertz CT molecular complexity index is 2820. The highest BCUT2D eigenvalue weighted by atomic mass is 32.1. The summed E-state index contributed by atoms with van der Waals surface area (Å²) in [4.78, 5) is 67.5. The maximum Gasteiger partial charge on any atom is 0.514 e. The topological polar surface area (TPSA) is 112 Å². The van der Waals surface area contributed by atoms with Crippen molar-refractivity contribution in [1.29, 1.82) is 0 Å². The van der Waals surface area contributed by atoms with E-state index in [1.165, 1.54) is 0 Å². The van der Waals surface area contributed by atoms with Crippen LogP contribution in [0.15, 0.2) is 108 Å². The molecule has 6 heterocycles. The lowest BCUT2D eigenvalue weighted by atomic mass is 9.98. The third kappa shape index (κ3) is 12.8. The second-order valence-corrected chi connectivity index (χ2v) is 25.3. The summed E-state index contributed by atoms with van der Waals surface area (Å²) in [6.07, 6.45) is 6.66. The number of thiophene rings is 4. The summed E-state index contributed by atoms with van der Waals surface area (Å²) >= 11 is 6.57. The Balaban J connectivity index is 1.14. The van der Waals surface area contributed by atoms with Crippen LogP contribution in [-0.4, -0.2) is 58.2 Å². The van der Waals surface area contributed by atoms with E-state index in [1.807, 2.05) is 34.1 Å². The van der Waals surface area contributed by atoms with E-state index < -0.39 is 23.5 Å². The third-order valence-electron chi connectivity index (χ3n) is 13.0. The van der Waals surface area contributed by atoms with Gasteiger partial charge in [0.25, 0.3) is 11.8 Å². The number of carbonyl (C=O) groups is 4. The first kappa shape index (κ1) is 54.5. The summed E-state index contributed by atoms with van der Waals surface area (Å²) in [5, 5.41) is 0. The van der Waals surface area contributed by atoms with Crippen molar-refractivity contribution in [2.45, 2.75) is 132 Å². The maximum atomic E-state index is 15.5. The third-order valence-corrected chi connectivity index (χ3v) is 17.8. The van der Waals surface area contributed by atoms with E-state index in [0.717, 1.165) is 113 Å². The Kier molecular flexibility index (Phi) is 17.2. The number of amides is 2. The van der Waals surface area contributed by atoms with E-state index in [1.54, 1.807) is 111 Å². The summed E-state index contributed by atoms with van der Waals surface area (Å²) in [6.45, 7) is 20.7. The molecule has 14 heteroatoms. The van der Waals surface area contributed by atoms with Gasteiger partial charge in [0.15, 0.2) is 0 Å². The summed E-state index contributed by atoms with van der Waals surface area (Å²) in [6, 6.07) is 31.6. The van der Waals surface area contributed by atoms with Crippen molar-refractivity contribution in [1.82, 2.24) is 9.80 Å². The van der Waals surface area contributed by atoms with Crippen LogP contribution in [0.4, 0.5) is 9.59 Å². The van der Waals surface area contributed by atoms with Crippen molar-refractivity contribution in [3.63, 3.8) is 0 Å². The number of unbranched alkanes of at least 4 members (excludes halogenated alkanes) is 2. The van der Waals surface area contributed by atoms with E-state index >= 15 is 9.59 Å². The molecule has 2 amide bonds. The molecule has 0 N–H and O–H groups in total. The second-order valence-electron chi connectivity index (χ2n) is 20.9. The molecule has 2 aromatic carbocycles. The molecule has 0 saturated carbocycles. The van der Waals surface area contributed by atoms with Crippen molar-refractivity contribution < 1.29 is 38.1 Å². The van der Waals surface area contributed by atoms with Crippen LogP contribution in [0.5, 0.6) is 11.5 Å². The van der Waals surface area contributed by atoms with Gasteiger partial charge >= 0.3 is 12.3 Å². The van der Waals surface area contributed by atoms with Crippen LogP contribution < -0.4 is 9.47 Å². The van der Waals surface area contributed by atoms with E-state index in [0.29, 0.717) is 35.7 Å². The molecule has 0 aliphatic carbocycles. The number of carbonyl (C=O) groups excluding carboxylic acids is 4. The van der Waals surface area contributed by atoms with Crippen LogP contribution in [0.25, 0.3) is 51.8 Å². The van der Waals surface area contributed by atoms with E-state index in [-0.39, 0.29) is 23.7 Å². The van der Waals surface area contributed by atoms with E-state index in [2.05, 4.69) is 76.2 Å². The first-order valence-corrected chi connectivity index (χ1v) is 29.2. The predicted molar refractivity (Wildman–Crippen MR) is 304 cm³/mol. The summed E-state index contributed by atoms with van der Waals surface area (Å²) in [5.41, 5.74) is 3.15. The Morgan fingerprint density at radius 3 is 1.08 bits per heavy atom. The Morgan fingerprint density at radius 2 is 0.770 bits per heavy atom. The van der Waals surface area contributed by atoms with Crippen LogP contribution in [-0.2, 0) is 19.1 Å². The lowest BCUT2D eigenvalue weighted by Gasteiger charge is -2.29. The molecule has 10 nitrogen and oxygen atoms in total. The highest BCUT2D eigenvalue weighted by Gasteiger charge is 2.50. The highest BCUT2D eigenvalue weighted by molar-refractivity contribution is 7.25. The minimum absolute atomic E-state index is 0.0997. The van der Waals surface area contributed by atoms with E-state index in [4.69, 9.17) is 18.9 Å². The van der Waals surface area contributed by atoms with Crippen molar-refractivity contribution in [3.8, 4) is 51.9 Å².